The van der Waals surface area contributed by atoms with Gasteiger partial charge in [0.25, 0.3) is 0 Å². The van der Waals surface area contributed by atoms with Crippen LogP contribution in [0, 0.1) is 0 Å². The summed E-state index contributed by atoms with van der Waals surface area (Å²) in [6.45, 7) is 2.14. The third-order valence-electron chi connectivity index (χ3n) is 12.3. The summed E-state index contributed by atoms with van der Waals surface area (Å²) in [5, 5.41) is 11.3. The molecule has 10 aromatic carbocycles. The van der Waals surface area contributed by atoms with Crippen molar-refractivity contribution in [2.24, 2.45) is 5.73 Å². The monoisotopic (exact) mass is 1220 g/mol. The molecule has 0 heterocycles. The van der Waals surface area contributed by atoms with Crippen molar-refractivity contribution in [1.82, 2.24) is 5.32 Å². The van der Waals surface area contributed by atoms with Crippen molar-refractivity contribution >= 4 is 71.7 Å². The van der Waals surface area contributed by atoms with E-state index >= 15 is 0 Å². The molecule has 0 aliphatic heterocycles. The zero-order valence-electron chi connectivity index (χ0n) is 45.9. The first-order valence-corrected chi connectivity index (χ1v) is 29.6. The largest absolute Gasteiger partial charge is 0.489 e. The van der Waals surface area contributed by atoms with Gasteiger partial charge >= 0.3 is 5.97 Å². The van der Waals surface area contributed by atoms with Crippen molar-refractivity contribution in [2.75, 3.05) is 0 Å². The highest BCUT2D eigenvalue weighted by molar-refractivity contribution is 8.26. The third-order valence-corrected chi connectivity index (χ3v) is 12.4. The van der Waals surface area contributed by atoms with Crippen LogP contribution in [0.15, 0.2) is 273 Å². The first-order valence-electron chi connectivity index (χ1n) is 26.4. The molecule has 0 bridgehead atoms. The molecule has 0 aliphatic rings. The normalized spacial score (nSPS) is 10.0. The van der Waals surface area contributed by atoms with E-state index in [2.05, 4.69) is 63.1 Å². The van der Waals surface area contributed by atoms with Crippen LogP contribution in [0.4, 0.5) is 0 Å². The average Bonchev–Trinajstić information content (AvgIpc) is 3.67. The molecule has 10 aromatic rings. The molecule has 14 heteroatoms. The lowest BCUT2D eigenvalue weighted by atomic mass is 10.0. The zero-order valence-corrected chi connectivity index (χ0v) is 49.8. The molecule has 10 rings (SSSR count). The number of halogens is 4. The minimum Gasteiger partial charge on any atom is -0.489 e. The zero-order chi connectivity index (χ0) is 58.9. The Hall–Kier alpha value is -8.32. The molecular weight excluding hydrogens is 1150 g/mol. The van der Waals surface area contributed by atoms with Crippen LogP contribution < -0.4 is 20.5 Å². The van der Waals surface area contributed by atoms with Gasteiger partial charge in [0.1, 0.15) is 24.7 Å². The number of amides is 1. The quantitative estimate of drug-likeness (QED) is 0.0720. The second kappa shape index (κ2) is 37.7. The Morgan fingerprint density at radius 1 is 0.405 bits per heavy atom. The number of carbonyl (C=O) groups is 3. The van der Waals surface area contributed by atoms with Crippen molar-refractivity contribution in [3.63, 3.8) is 0 Å². The predicted octanol–water partition coefficient (Wildman–Crippen LogP) is 16.6. The highest BCUT2D eigenvalue weighted by Gasteiger charge is 2.07. The molecule has 0 radical (unpaired) electrons. The van der Waals surface area contributed by atoms with Crippen LogP contribution in [0.5, 0.6) is 11.5 Å². The lowest BCUT2D eigenvalue weighted by molar-refractivity contribution is -0.136. The Labute approximate surface area is 514 Å². The average molecular weight is 1220 g/mol. The molecule has 0 unspecified atom stereocenters. The number of carboxylic acids is 1. The summed E-state index contributed by atoms with van der Waals surface area (Å²) in [7, 11) is 7.36. The number of hydrogen-bond acceptors (Lipinski definition) is 7. The van der Waals surface area contributed by atoms with Crippen molar-refractivity contribution in [3.05, 3.63) is 312 Å². The number of nitrogens with one attached hydrogen (secondary N) is 1. The van der Waals surface area contributed by atoms with Gasteiger partial charge in [-0.05, 0) is 108 Å². The minimum atomic E-state index is -1.67. The number of aliphatic carboxylic acids is 1. The molecule has 9 nitrogen and oxygen atoms in total. The van der Waals surface area contributed by atoms with Crippen LogP contribution in [-0.4, -0.2) is 26.4 Å². The van der Waals surface area contributed by atoms with E-state index in [1.54, 1.807) is 0 Å². The summed E-state index contributed by atoms with van der Waals surface area (Å²) >= 11 is 5.33. The van der Waals surface area contributed by atoms with Gasteiger partial charge in [-0.1, -0.05) is 249 Å². The Kier molecular flexibility index (Phi) is 29.8. The van der Waals surface area contributed by atoms with E-state index < -0.39 is 15.2 Å². The van der Waals surface area contributed by atoms with E-state index in [0.717, 1.165) is 67.1 Å². The van der Waals surface area contributed by atoms with E-state index in [0.29, 0.717) is 32.7 Å². The summed E-state index contributed by atoms with van der Waals surface area (Å²) in [5.74, 6) is 0.870. The molecule has 84 heavy (non-hydrogen) atoms. The lowest BCUT2D eigenvalue weighted by Gasteiger charge is -2.10. The second-order valence-corrected chi connectivity index (χ2v) is 21.4. The van der Waals surface area contributed by atoms with Crippen LogP contribution in [0.1, 0.15) is 38.9 Å². The first kappa shape index (κ1) is 66.5. The van der Waals surface area contributed by atoms with Crippen molar-refractivity contribution in [2.45, 2.75) is 45.6 Å². The van der Waals surface area contributed by atoms with Crippen LogP contribution >= 0.6 is 45.4 Å². The maximum Gasteiger partial charge on any atom is 0.307 e. The molecule has 0 aliphatic carbocycles. The molecule has 0 aromatic heterocycles. The Morgan fingerprint density at radius 2 is 0.714 bits per heavy atom. The number of carboxylic acid groups (broad SMARTS) is 1. The van der Waals surface area contributed by atoms with Crippen LogP contribution in [-0.2, 0) is 69.2 Å². The summed E-state index contributed by atoms with van der Waals surface area (Å²) in [6.07, 6.45) is 0.727. The SMILES string of the molecule is Cl.NCc1cccc(OCc2ccccc2)c1.O=C(Cc1ccc(-c2ccccc2)cc1)NCc1cccc(OCc2ccccc2)c1.O=C(Cl)Cc1ccc(-c2ccccc2)cc1.O=C(O)Cc1ccc(-c2ccccc2)cc1.O=S(Cl)Cl. The fourth-order valence-corrected chi connectivity index (χ4v) is 8.26. The fraction of sp³-hybridized carbons (Fsp3) is 0.100. The summed E-state index contributed by atoms with van der Waals surface area (Å²) < 4.78 is 20.6. The third kappa shape index (κ3) is 25.9. The molecule has 0 saturated heterocycles. The van der Waals surface area contributed by atoms with Gasteiger partial charge in [-0.2, -0.15) is 0 Å². The van der Waals surface area contributed by atoms with Crippen molar-refractivity contribution in [1.29, 1.82) is 0 Å². The smallest absolute Gasteiger partial charge is 0.307 e. The van der Waals surface area contributed by atoms with Crippen molar-refractivity contribution in [3.8, 4) is 44.9 Å². The second-order valence-electron chi connectivity index (χ2n) is 18.5. The van der Waals surface area contributed by atoms with Gasteiger partial charge in [0.2, 0.25) is 20.4 Å². The number of hydrogen-bond donors (Lipinski definition) is 3. The number of ether oxygens (including phenoxy) is 2. The highest BCUT2D eigenvalue weighted by Crippen LogP contribution is 2.23. The molecular formula is C70H64Cl4N2O7S. The number of benzene rings is 10. The Bertz CT molecular complexity index is 3420. The molecule has 1 amide bonds. The van der Waals surface area contributed by atoms with E-state index in [-0.39, 0.29) is 36.4 Å². The van der Waals surface area contributed by atoms with Crippen LogP contribution in [0.3, 0.4) is 0 Å². The van der Waals surface area contributed by atoms with Gasteiger partial charge in [0, 0.05) is 40.9 Å². The standard InChI is InChI=1S/C28H25NO2.C14H11ClO.C14H15NO.C14H12O2.Cl2OS.ClH/c30-28(19-22-14-16-26(17-15-22)25-11-5-2-6-12-25)29-20-24-10-7-13-27(18-24)31-21-23-8-3-1-4-9-23;15-14(16)10-11-6-8-13(9-7-11)12-4-2-1-3-5-12;15-10-13-7-4-8-14(9-13)16-11-12-5-2-1-3-6-12;15-14(16)10-11-6-8-13(9-7-11)12-4-2-1-3-5-12;1-4(2)3;/h1-18H,19-21H2,(H,29,30);1-9H,10H2;1-9H,10-11,15H2;1-9H,10H2,(H,15,16);;1H. The molecule has 4 N–H and O–H groups in total. The maximum atomic E-state index is 12.4. The van der Waals surface area contributed by atoms with Gasteiger partial charge < -0.3 is 25.6 Å². The van der Waals surface area contributed by atoms with Gasteiger partial charge in [-0.15, -0.1) is 12.4 Å². The first-order chi connectivity index (χ1) is 40.4. The molecule has 0 spiro atoms. The van der Waals surface area contributed by atoms with E-state index in [4.69, 9.17) is 36.1 Å². The van der Waals surface area contributed by atoms with Gasteiger partial charge in [-0.25, -0.2) is 4.21 Å². The molecule has 0 atom stereocenters. The van der Waals surface area contributed by atoms with Gasteiger partial charge in [0.05, 0.1) is 12.8 Å². The highest BCUT2D eigenvalue weighted by atomic mass is 36.0. The van der Waals surface area contributed by atoms with E-state index in [1.807, 2.05) is 237 Å². The number of nitrogens with two attached hydrogens (primary N) is 1. The summed E-state index contributed by atoms with van der Waals surface area (Å²) in [4.78, 5) is 33.7. The number of carbonyl (C=O) groups excluding carboxylic acids is 2. The van der Waals surface area contributed by atoms with Crippen molar-refractivity contribution < 1.29 is 33.2 Å². The Balaban J connectivity index is 0.000000210. The minimum absolute atomic E-state index is 0. The summed E-state index contributed by atoms with van der Waals surface area (Å²) in [5.41, 5.74) is 19.6. The fourth-order valence-electron chi connectivity index (χ4n) is 8.11. The maximum absolute atomic E-state index is 12.4. The van der Waals surface area contributed by atoms with Crippen LogP contribution in [0.2, 0.25) is 0 Å². The van der Waals surface area contributed by atoms with E-state index in [1.165, 1.54) is 16.7 Å². The molecule has 0 fully saturated rings. The Morgan fingerprint density at radius 3 is 1.07 bits per heavy atom. The lowest BCUT2D eigenvalue weighted by Crippen LogP contribution is -2.24. The molecule has 430 valence electrons. The van der Waals surface area contributed by atoms with E-state index in [9.17, 15) is 14.4 Å². The topological polar surface area (TPSA) is 145 Å². The van der Waals surface area contributed by atoms with Crippen LogP contribution in [0.25, 0.3) is 33.4 Å². The number of rotatable bonds is 18. The van der Waals surface area contributed by atoms with Gasteiger partial charge in [0.15, 0.2) is 0 Å². The summed E-state index contributed by atoms with van der Waals surface area (Å²) in [6, 6.07) is 89.9. The van der Waals surface area contributed by atoms with Gasteiger partial charge in [-0.3, -0.25) is 14.4 Å². The predicted molar refractivity (Wildman–Crippen MR) is 347 cm³/mol. The molecule has 0 saturated carbocycles.